The lowest BCUT2D eigenvalue weighted by Gasteiger charge is -2.20. The van der Waals surface area contributed by atoms with Crippen molar-refractivity contribution in [2.75, 3.05) is 35.2 Å². The molecular weight excluding hydrogens is 268 g/mol. The Morgan fingerprint density at radius 2 is 1.50 bits per heavy atom. The number of benzene rings is 1. The van der Waals surface area contributed by atoms with Gasteiger partial charge in [0, 0.05) is 7.11 Å². The van der Waals surface area contributed by atoms with Gasteiger partial charge in [0.1, 0.15) is 5.56 Å². The quantitative estimate of drug-likeness (QED) is 0.602. The minimum absolute atomic E-state index is 0.00963. The molecule has 0 amide bonds. The number of phenols is 1. The molecule has 0 aliphatic heterocycles. The number of phenolic OH excluding ortho intramolecular Hbond substituents is 1. The first-order valence-electron chi connectivity index (χ1n) is 5.70. The highest BCUT2D eigenvalue weighted by Crippen LogP contribution is 2.53. The Morgan fingerprint density at radius 1 is 0.950 bits per heavy atom. The van der Waals surface area contributed by atoms with E-state index in [1.54, 1.807) is 0 Å². The van der Waals surface area contributed by atoms with Crippen molar-refractivity contribution in [1.82, 2.24) is 0 Å². The number of aromatic hydroxyl groups is 1. The summed E-state index contributed by atoms with van der Waals surface area (Å²) in [5, 5.41) is 10.1. The molecule has 0 aromatic heterocycles. The van der Waals surface area contributed by atoms with Gasteiger partial charge in [0.25, 0.3) is 0 Å². The van der Waals surface area contributed by atoms with E-state index in [1.165, 1.54) is 35.4 Å². The van der Waals surface area contributed by atoms with Gasteiger partial charge < -0.3 is 28.8 Å². The number of carbonyl (C=O) groups is 1. The SMILES string of the molecule is COCOc1c(OC)c(OC)c(O)c(C(C)=O)c1OC. The predicted octanol–water partition coefficient (Wildman–Crippen LogP) is 1.60. The van der Waals surface area contributed by atoms with Crippen molar-refractivity contribution >= 4 is 5.78 Å². The lowest BCUT2D eigenvalue weighted by atomic mass is 10.1. The van der Waals surface area contributed by atoms with E-state index in [0.717, 1.165) is 0 Å². The molecule has 0 aliphatic carbocycles. The van der Waals surface area contributed by atoms with Gasteiger partial charge in [-0.05, 0) is 6.92 Å². The summed E-state index contributed by atoms with van der Waals surface area (Å²) in [6.07, 6.45) is 0. The van der Waals surface area contributed by atoms with E-state index in [0.29, 0.717) is 0 Å². The fraction of sp³-hybridized carbons (Fsp3) is 0.462. The number of carbonyl (C=O) groups excluding carboxylic acids is 1. The molecule has 0 heterocycles. The maximum atomic E-state index is 11.7. The van der Waals surface area contributed by atoms with Crippen molar-refractivity contribution in [3.8, 4) is 28.7 Å². The minimum atomic E-state index is -0.400. The van der Waals surface area contributed by atoms with Crippen molar-refractivity contribution in [2.45, 2.75) is 6.92 Å². The van der Waals surface area contributed by atoms with E-state index in [9.17, 15) is 9.90 Å². The third-order valence-electron chi connectivity index (χ3n) is 2.58. The highest BCUT2D eigenvalue weighted by atomic mass is 16.7. The number of rotatable bonds is 7. The van der Waals surface area contributed by atoms with Crippen LogP contribution in [0.5, 0.6) is 28.7 Å². The van der Waals surface area contributed by atoms with E-state index in [1.807, 2.05) is 0 Å². The van der Waals surface area contributed by atoms with Crippen LogP contribution in [0.25, 0.3) is 0 Å². The molecular formula is C13H18O7. The summed E-state index contributed by atoms with van der Waals surface area (Å²) in [7, 11) is 5.52. The monoisotopic (exact) mass is 286 g/mol. The highest BCUT2D eigenvalue weighted by molar-refractivity contribution is 6.02. The molecule has 0 saturated carbocycles. The summed E-state index contributed by atoms with van der Waals surface area (Å²) >= 11 is 0. The van der Waals surface area contributed by atoms with Crippen LogP contribution in [0.3, 0.4) is 0 Å². The topological polar surface area (TPSA) is 83.5 Å². The molecule has 0 fully saturated rings. The normalized spacial score (nSPS) is 10.1. The first-order valence-corrected chi connectivity index (χ1v) is 5.70. The second kappa shape index (κ2) is 6.85. The number of ether oxygens (including phenoxy) is 5. The molecule has 0 spiro atoms. The molecule has 0 saturated heterocycles. The van der Waals surface area contributed by atoms with E-state index >= 15 is 0 Å². The number of methoxy groups -OCH3 is 4. The van der Waals surface area contributed by atoms with Crippen LogP contribution in [0, 0.1) is 0 Å². The molecule has 1 rings (SSSR count). The van der Waals surface area contributed by atoms with Crippen molar-refractivity contribution < 1.29 is 33.6 Å². The molecule has 7 heteroatoms. The van der Waals surface area contributed by atoms with Crippen LogP contribution in [0.1, 0.15) is 17.3 Å². The van der Waals surface area contributed by atoms with Gasteiger partial charge in [0.2, 0.25) is 17.2 Å². The zero-order valence-corrected chi connectivity index (χ0v) is 12.1. The summed E-state index contributed by atoms with van der Waals surface area (Å²) < 4.78 is 25.6. The van der Waals surface area contributed by atoms with Crippen molar-refractivity contribution in [2.24, 2.45) is 0 Å². The van der Waals surface area contributed by atoms with Gasteiger partial charge in [-0.3, -0.25) is 4.79 Å². The van der Waals surface area contributed by atoms with Gasteiger partial charge in [-0.1, -0.05) is 0 Å². The lowest BCUT2D eigenvalue weighted by Crippen LogP contribution is -2.08. The summed E-state index contributed by atoms with van der Waals surface area (Å²) in [6.45, 7) is 1.21. The Kier molecular flexibility index (Phi) is 5.45. The van der Waals surface area contributed by atoms with E-state index in [2.05, 4.69) is 0 Å². The molecule has 112 valence electrons. The zero-order chi connectivity index (χ0) is 15.3. The standard InChI is InChI=1S/C13H18O7/c1-7(14)8-9(15)11(18-4)12(19-5)13(10(8)17-3)20-6-16-2/h15H,6H2,1-5H3. The second-order valence-corrected chi connectivity index (χ2v) is 3.76. The molecule has 0 radical (unpaired) electrons. The third-order valence-corrected chi connectivity index (χ3v) is 2.58. The fourth-order valence-electron chi connectivity index (χ4n) is 1.79. The number of hydrogen-bond donors (Lipinski definition) is 1. The molecule has 1 N–H and O–H groups in total. The zero-order valence-electron chi connectivity index (χ0n) is 12.1. The average molecular weight is 286 g/mol. The highest BCUT2D eigenvalue weighted by Gasteiger charge is 2.29. The van der Waals surface area contributed by atoms with Crippen LogP contribution in [0.2, 0.25) is 0 Å². The molecule has 7 nitrogen and oxygen atoms in total. The molecule has 1 aromatic rings. The summed E-state index contributed by atoms with van der Waals surface area (Å²) in [4.78, 5) is 11.7. The molecule has 0 bridgehead atoms. The largest absolute Gasteiger partial charge is 0.504 e. The molecule has 20 heavy (non-hydrogen) atoms. The van der Waals surface area contributed by atoms with Crippen molar-refractivity contribution in [3.63, 3.8) is 0 Å². The Bertz CT molecular complexity index is 496. The molecule has 1 aromatic carbocycles. The van der Waals surface area contributed by atoms with Crippen LogP contribution in [0.15, 0.2) is 0 Å². The first kappa shape index (κ1) is 15.9. The van der Waals surface area contributed by atoms with Gasteiger partial charge in [0.15, 0.2) is 24.1 Å². The summed E-state index contributed by atoms with van der Waals surface area (Å²) in [5.74, 6) is -0.476. The predicted molar refractivity (Wildman–Crippen MR) is 70.3 cm³/mol. The fourth-order valence-corrected chi connectivity index (χ4v) is 1.79. The van der Waals surface area contributed by atoms with Crippen molar-refractivity contribution in [3.05, 3.63) is 5.56 Å². The lowest BCUT2D eigenvalue weighted by molar-refractivity contribution is 0.0465. The summed E-state index contributed by atoms with van der Waals surface area (Å²) in [6, 6.07) is 0. The number of hydrogen-bond acceptors (Lipinski definition) is 7. The van der Waals surface area contributed by atoms with Crippen LogP contribution < -0.4 is 18.9 Å². The van der Waals surface area contributed by atoms with Gasteiger partial charge in [-0.25, -0.2) is 0 Å². The Hall–Kier alpha value is -2.15. The van der Waals surface area contributed by atoms with Crippen LogP contribution in [-0.2, 0) is 4.74 Å². The van der Waals surface area contributed by atoms with Crippen LogP contribution in [0.4, 0.5) is 0 Å². The number of Topliss-reactive ketones (excluding diaryl/α,β-unsaturated/α-hetero) is 1. The smallest absolute Gasteiger partial charge is 0.211 e. The van der Waals surface area contributed by atoms with Crippen LogP contribution >= 0.6 is 0 Å². The van der Waals surface area contributed by atoms with Crippen LogP contribution in [-0.4, -0.2) is 46.1 Å². The first-order chi connectivity index (χ1) is 9.53. The van der Waals surface area contributed by atoms with E-state index < -0.39 is 5.78 Å². The van der Waals surface area contributed by atoms with E-state index in [4.69, 9.17) is 23.7 Å². The molecule has 0 unspecified atom stereocenters. The second-order valence-electron chi connectivity index (χ2n) is 3.76. The van der Waals surface area contributed by atoms with E-state index in [-0.39, 0.29) is 41.1 Å². The Balaban J connectivity index is 3.67. The minimum Gasteiger partial charge on any atom is -0.504 e. The van der Waals surface area contributed by atoms with Gasteiger partial charge >= 0.3 is 0 Å². The van der Waals surface area contributed by atoms with Gasteiger partial charge in [0.05, 0.1) is 21.3 Å². The average Bonchev–Trinajstić information content (AvgIpc) is 2.43. The van der Waals surface area contributed by atoms with Gasteiger partial charge in [-0.2, -0.15) is 0 Å². The van der Waals surface area contributed by atoms with Gasteiger partial charge in [-0.15, -0.1) is 0 Å². The Morgan fingerprint density at radius 3 is 1.90 bits per heavy atom. The number of ketones is 1. The van der Waals surface area contributed by atoms with Crippen molar-refractivity contribution in [1.29, 1.82) is 0 Å². The maximum absolute atomic E-state index is 11.7. The third kappa shape index (κ3) is 2.72. The maximum Gasteiger partial charge on any atom is 0.211 e. The Labute approximate surface area is 117 Å². The molecule has 0 atom stereocenters. The molecule has 0 aliphatic rings. The summed E-state index contributed by atoms with van der Waals surface area (Å²) in [5.41, 5.74) is -0.0451.